The maximum Gasteiger partial charge on any atom is 0.180 e. The fourth-order valence-corrected chi connectivity index (χ4v) is 4.80. The Bertz CT molecular complexity index is 1050. The summed E-state index contributed by atoms with van der Waals surface area (Å²) in [5, 5.41) is 11.9. The summed E-state index contributed by atoms with van der Waals surface area (Å²) >= 11 is 6.38. The third-order valence-electron chi connectivity index (χ3n) is 4.29. The van der Waals surface area contributed by atoms with Crippen molar-refractivity contribution in [3.63, 3.8) is 0 Å². The summed E-state index contributed by atoms with van der Waals surface area (Å²) in [5.74, 6) is 0.540. The fraction of sp³-hybridized carbons (Fsp3) is 0.278. The maximum atomic E-state index is 12.5. The number of sulfone groups is 1. The topological polar surface area (TPSA) is 70.5 Å². The van der Waals surface area contributed by atoms with Crippen molar-refractivity contribution < 1.29 is 13.5 Å². The number of anilines is 1. The predicted octanol–water partition coefficient (Wildman–Crippen LogP) is 1.84. The Hall–Kier alpha value is -2.05. The summed E-state index contributed by atoms with van der Waals surface area (Å²) in [4.78, 5) is 6.72. The molecule has 0 saturated carbocycles. The van der Waals surface area contributed by atoms with Crippen molar-refractivity contribution in [3.05, 3.63) is 45.4 Å². The van der Waals surface area contributed by atoms with E-state index in [2.05, 4.69) is 4.98 Å². The standard InChI is InChI=1S/C18H19ClN2O3S/c1-3-14-15(19)10-18(20-16(14)4-2)21-7-8-25(23,24)17-9-13(22)6-5-12(17)11-21/h3-6,9-10,22H,7-8,11H2,1-2H3/b14-3-,16-4+. The molecule has 3 rings (SSSR count). The SMILES string of the molecule is C/C=c1/nc(N2CCS(=O)(=O)c3cc(O)ccc3C2)cc(Cl)/c1=C/C. The molecule has 1 N–H and O–H groups in total. The van der Waals surface area contributed by atoms with Crippen LogP contribution in [0.25, 0.3) is 12.2 Å². The summed E-state index contributed by atoms with van der Waals surface area (Å²) in [5.41, 5.74) is 0.640. The number of pyridine rings is 1. The van der Waals surface area contributed by atoms with Crippen molar-refractivity contribution in [3.8, 4) is 5.75 Å². The quantitative estimate of drug-likeness (QED) is 0.819. The van der Waals surface area contributed by atoms with E-state index >= 15 is 0 Å². The molecule has 0 fully saturated rings. The Balaban J connectivity index is 2.12. The van der Waals surface area contributed by atoms with Crippen LogP contribution in [0.1, 0.15) is 19.4 Å². The van der Waals surface area contributed by atoms with Crippen LogP contribution < -0.4 is 15.5 Å². The van der Waals surface area contributed by atoms with Gasteiger partial charge >= 0.3 is 0 Å². The van der Waals surface area contributed by atoms with Crippen LogP contribution in [0.5, 0.6) is 5.75 Å². The average Bonchev–Trinajstić information content (AvgIpc) is 2.71. The van der Waals surface area contributed by atoms with Gasteiger partial charge in [-0.15, -0.1) is 0 Å². The Morgan fingerprint density at radius 2 is 2.00 bits per heavy atom. The third-order valence-corrected chi connectivity index (χ3v) is 6.37. The lowest BCUT2D eigenvalue weighted by Gasteiger charge is -2.22. The molecule has 7 heteroatoms. The Morgan fingerprint density at radius 3 is 2.68 bits per heavy atom. The molecule has 0 aliphatic carbocycles. The van der Waals surface area contributed by atoms with E-state index in [0.717, 1.165) is 10.6 Å². The molecule has 0 unspecified atom stereocenters. The molecule has 0 saturated heterocycles. The molecule has 0 atom stereocenters. The van der Waals surface area contributed by atoms with Gasteiger partial charge in [0.25, 0.3) is 0 Å². The highest BCUT2D eigenvalue weighted by Crippen LogP contribution is 2.28. The molecule has 0 radical (unpaired) electrons. The number of halogens is 1. The molecule has 132 valence electrons. The second-order valence-electron chi connectivity index (χ2n) is 5.87. The first-order valence-electron chi connectivity index (χ1n) is 7.94. The fourth-order valence-electron chi connectivity index (χ4n) is 2.98. The van der Waals surface area contributed by atoms with Crippen LogP contribution in [0.3, 0.4) is 0 Å². The first-order valence-corrected chi connectivity index (χ1v) is 9.97. The van der Waals surface area contributed by atoms with Crippen LogP contribution in [0.4, 0.5) is 5.82 Å². The second-order valence-corrected chi connectivity index (χ2v) is 8.36. The second kappa shape index (κ2) is 6.69. The van der Waals surface area contributed by atoms with Gasteiger partial charge in [0.15, 0.2) is 9.84 Å². The molecule has 1 aliphatic rings. The van der Waals surface area contributed by atoms with Gasteiger partial charge in [-0.2, -0.15) is 0 Å². The molecule has 25 heavy (non-hydrogen) atoms. The largest absolute Gasteiger partial charge is 0.508 e. The molecule has 2 aromatic rings. The maximum absolute atomic E-state index is 12.5. The first-order chi connectivity index (χ1) is 11.9. The predicted molar refractivity (Wildman–Crippen MR) is 100.0 cm³/mol. The third kappa shape index (κ3) is 3.37. The van der Waals surface area contributed by atoms with Crippen LogP contribution in [-0.2, 0) is 16.4 Å². The molecule has 1 aromatic heterocycles. The van der Waals surface area contributed by atoms with E-state index in [1.807, 2.05) is 30.9 Å². The summed E-state index contributed by atoms with van der Waals surface area (Å²) in [7, 11) is -3.46. The molecule has 5 nitrogen and oxygen atoms in total. The van der Waals surface area contributed by atoms with Crippen LogP contribution in [0.2, 0.25) is 5.02 Å². The molecule has 0 spiro atoms. The summed E-state index contributed by atoms with van der Waals surface area (Å²) in [6, 6.07) is 6.22. The van der Waals surface area contributed by atoms with Crippen LogP contribution in [-0.4, -0.2) is 30.8 Å². The van der Waals surface area contributed by atoms with Gasteiger partial charge in [-0.05, 0) is 37.6 Å². The summed E-state index contributed by atoms with van der Waals surface area (Å²) in [6.07, 6.45) is 3.78. The first kappa shape index (κ1) is 17.8. The lowest BCUT2D eigenvalue weighted by molar-refractivity contribution is 0.472. The number of hydrogen-bond acceptors (Lipinski definition) is 5. The number of nitrogens with zero attached hydrogens (tertiary/aromatic N) is 2. The number of phenolic OH excluding ortho intramolecular Hbond substituents is 1. The molecule has 0 bridgehead atoms. The Morgan fingerprint density at radius 1 is 1.24 bits per heavy atom. The highest BCUT2D eigenvalue weighted by atomic mass is 35.5. The van der Waals surface area contributed by atoms with Gasteiger partial charge in [0.05, 0.1) is 21.0 Å². The van der Waals surface area contributed by atoms with E-state index in [1.54, 1.807) is 12.1 Å². The van der Waals surface area contributed by atoms with Gasteiger partial charge in [0.1, 0.15) is 11.6 Å². The van der Waals surface area contributed by atoms with Gasteiger partial charge in [-0.1, -0.05) is 29.8 Å². The number of fused-ring (bicyclic) bond motifs is 1. The van der Waals surface area contributed by atoms with Gasteiger partial charge in [0.2, 0.25) is 0 Å². The number of aromatic nitrogens is 1. The number of rotatable bonds is 1. The van der Waals surface area contributed by atoms with Crippen molar-refractivity contribution in [1.29, 1.82) is 0 Å². The smallest absolute Gasteiger partial charge is 0.180 e. The minimum atomic E-state index is -3.46. The van der Waals surface area contributed by atoms with E-state index in [1.165, 1.54) is 12.1 Å². The summed E-state index contributed by atoms with van der Waals surface area (Å²) in [6.45, 7) is 4.48. The van der Waals surface area contributed by atoms with Crippen LogP contribution in [0, 0.1) is 0 Å². The van der Waals surface area contributed by atoms with Gasteiger partial charge in [-0.3, -0.25) is 0 Å². The van der Waals surface area contributed by atoms with Crippen molar-refractivity contribution in [2.45, 2.75) is 25.3 Å². The zero-order chi connectivity index (χ0) is 18.2. The van der Waals surface area contributed by atoms with Crippen LogP contribution in [0.15, 0.2) is 29.2 Å². The van der Waals surface area contributed by atoms with Gasteiger partial charge in [-0.25, -0.2) is 13.4 Å². The highest BCUT2D eigenvalue weighted by molar-refractivity contribution is 7.91. The van der Waals surface area contributed by atoms with Crippen LogP contribution >= 0.6 is 11.6 Å². The number of benzene rings is 1. The molecule has 0 amide bonds. The van der Waals surface area contributed by atoms with E-state index < -0.39 is 9.84 Å². The molecule has 2 heterocycles. The minimum absolute atomic E-state index is 0.0461. The summed E-state index contributed by atoms with van der Waals surface area (Å²) < 4.78 is 25.0. The number of hydrogen-bond donors (Lipinski definition) is 1. The van der Waals surface area contributed by atoms with Crippen molar-refractivity contribution in [1.82, 2.24) is 4.98 Å². The van der Waals surface area contributed by atoms with Gasteiger partial charge in [0, 0.05) is 18.3 Å². The number of aromatic hydroxyl groups is 1. The van der Waals surface area contributed by atoms with E-state index in [-0.39, 0.29) is 16.4 Å². The lowest BCUT2D eigenvalue weighted by Crippen LogP contribution is -2.34. The zero-order valence-corrected chi connectivity index (χ0v) is 15.6. The Kier molecular flexibility index (Phi) is 4.75. The van der Waals surface area contributed by atoms with E-state index in [0.29, 0.717) is 29.5 Å². The molecular formula is C18H19ClN2O3S. The normalized spacial score (nSPS) is 18.1. The Labute approximate surface area is 151 Å². The number of phenols is 1. The zero-order valence-electron chi connectivity index (χ0n) is 14.0. The lowest BCUT2D eigenvalue weighted by atomic mass is 10.2. The van der Waals surface area contributed by atoms with Crippen molar-refractivity contribution in [2.75, 3.05) is 17.2 Å². The minimum Gasteiger partial charge on any atom is -0.508 e. The van der Waals surface area contributed by atoms with E-state index in [9.17, 15) is 13.5 Å². The monoisotopic (exact) mass is 378 g/mol. The molecule has 1 aliphatic heterocycles. The molecule has 1 aromatic carbocycles. The molecular weight excluding hydrogens is 360 g/mol. The van der Waals surface area contributed by atoms with E-state index in [4.69, 9.17) is 11.6 Å². The average molecular weight is 379 g/mol. The van der Waals surface area contributed by atoms with Crippen molar-refractivity contribution in [2.24, 2.45) is 0 Å². The van der Waals surface area contributed by atoms with Gasteiger partial charge < -0.3 is 10.0 Å². The van der Waals surface area contributed by atoms with Crippen molar-refractivity contribution >= 4 is 39.4 Å². The highest BCUT2D eigenvalue weighted by Gasteiger charge is 2.26.